The molecule has 0 aromatic heterocycles. The first-order chi connectivity index (χ1) is 12.9. The van der Waals surface area contributed by atoms with Gasteiger partial charge in [0.05, 0.1) is 10.7 Å². The molecule has 0 saturated carbocycles. The number of amides is 2. The van der Waals surface area contributed by atoms with Crippen molar-refractivity contribution in [1.82, 2.24) is 5.32 Å². The molecule has 0 aliphatic carbocycles. The minimum Gasteiger partial charge on any atom is -0.331 e. The molecule has 27 heavy (non-hydrogen) atoms. The van der Waals surface area contributed by atoms with Gasteiger partial charge in [0.1, 0.15) is 0 Å². The van der Waals surface area contributed by atoms with E-state index in [4.69, 9.17) is 23.8 Å². The fourth-order valence-corrected chi connectivity index (χ4v) is 2.74. The number of hydrogen-bond donors (Lipinski definition) is 3. The Morgan fingerprint density at radius 3 is 2.37 bits per heavy atom. The molecule has 0 fully saturated rings. The largest absolute Gasteiger partial charge is 0.331 e. The van der Waals surface area contributed by atoms with Crippen molar-refractivity contribution in [2.45, 2.75) is 33.1 Å². The standard InChI is InChI=1S/C20H22ClN3O2S/c1-3-5-18(25)22-15-10-11-16(21)17(12-15)23-20(27)24-19(26)14-8-6-13(4-2)7-9-14/h6-12H,3-5H2,1-2H3,(H,22,25)(H2,23,24,26,27). The summed E-state index contributed by atoms with van der Waals surface area (Å²) < 4.78 is 0. The summed E-state index contributed by atoms with van der Waals surface area (Å²) in [6.45, 7) is 3.99. The van der Waals surface area contributed by atoms with Crippen molar-refractivity contribution < 1.29 is 9.59 Å². The highest BCUT2D eigenvalue weighted by molar-refractivity contribution is 7.80. The number of carbonyl (C=O) groups excluding carboxylic acids is 2. The van der Waals surface area contributed by atoms with E-state index in [1.807, 2.05) is 19.1 Å². The Morgan fingerprint density at radius 1 is 1.04 bits per heavy atom. The van der Waals surface area contributed by atoms with Gasteiger partial charge in [0.2, 0.25) is 5.91 Å². The Hall–Kier alpha value is -2.44. The Kier molecular flexibility index (Phi) is 7.76. The summed E-state index contributed by atoms with van der Waals surface area (Å²) in [5.41, 5.74) is 2.77. The van der Waals surface area contributed by atoms with E-state index < -0.39 is 0 Å². The van der Waals surface area contributed by atoms with Gasteiger partial charge in [-0.05, 0) is 61.0 Å². The van der Waals surface area contributed by atoms with Crippen LogP contribution >= 0.6 is 23.8 Å². The molecule has 5 nitrogen and oxygen atoms in total. The molecular weight excluding hydrogens is 382 g/mol. The van der Waals surface area contributed by atoms with Gasteiger partial charge in [-0.3, -0.25) is 14.9 Å². The number of rotatable bonds is 6. The second kappa shape index (κ2) is 10.0. The molecule has 2 amide bonds. The summed E-state index contributed by atoms with van der Waals surface area (Å²) in [5, 5.41) is 8.86. The van der Waals surface area contributed by atoms with Gasteiger partial charge in [0.15, 0.2) is 5.11 Å². The van der Waals surface area contributed by atoms with E-state index in [9.17, 15) is 9.59 Å². The first kappa shape index (κ1) is 20.9. The van der Waals surface area contributed by atoms with E-state index in [2.05, 4.69) is 22.9 Å². The predicted molar refractivity (Wildman–Crippen MR) is 114 cm³/mol. The van der Waals surface area contributed by atoms with Crippen molar-refractivity contribution in [3.63, 3.8) is 0 Å². The van der Waals surface area contributed by atoms with E-state index in [-0.39, 0.29) is 16.9 Å². The number of thiocarbonyl (C=S) groups is 1. The Balaban J connectivity index is 2.01. The van der Waals surface area contributed by atoms with Crippen molar-refractivity contribution >= 4 is 52.1 Å². The molecular formula is C20H22ClN3O2S. The van der Waals surface area contributed by atoms with E-state index >= 15 is 0 Å². The SMILES string of the molecule is CCCC(=O)Nc1ccc(Cl)c(NC(=S)NC(=O)c2ccc(CC)cc2)c1. The number of benzene rings is 2. The first-order valence-corrected chi connectivity index (χ1v) is 9.52. The van der Waals surface area contributed by atoms with Crippen LogP contribution in [0.15, 0.2) is 42.5 Å². The molecule has 7 heteroatoms. The molecule has 0 heterocycles. The van der Waals surface area contributed by atoms with Crippen LogP contribution in [-0.4, -0.2) is 16.9 Å². The molecule has 2 rings (SSSR count). The summed E-state index contributed by atoms with van der Waals surface area (Å²) in [6.07, 6.45) is 2.11. The number of anilines is 2. The van der Waals surface area contributed by atoms with Gasteiger partial charge in [0, 0.05) is 17.7 Å². The molecule has 3 N–H and O–H groups in total. The van der Waals surface area contributed by atoms with Crippen LogP contribution in [0.2, 0.25) is 5.02 Å². The van der Waals surface area contributed by atoms with Crippen molar-refractivity contribution in [2.75, 3.05) is 10.6 Å². The van der Waals surface area contributed by atoms with Gasteiger partial charge < -0.3 is 10.6 Å². The van der Waals surface area contributed by atoms with E-state index in [1.54, 1.807) is 30.3 Å². The van der Waals surface area contributed by atoms with Gasteiger partial charge >= 0.3 is 0 Å². The second-order valence-electron chi connectivity index (χ2n) is 5.95. The van der Waals surface area contributed by atoms with Crippen LogP contribution < -0.4 is 16.0 Å². The fraction of sp³-hybridized carbons (Fsp3) is 0.250. The summed E-state index contributed by atoms with van der Waals surface area (Å²) in [6, 6.07) is 12.4. The van der Waals surface area contributed by atoms with Gasteiger partial charge in [-0.2, -0.15) is 0 Å². The lowest BCUT2D eigenvalue weighted by molar-refractivity contribution is -0.116. The van der Waals surface area contributed by atoms with Crippen LogP contribution in [0.25, 0.3) is 0 Å². The number of hydrogen-bond acceptors (Lipinski definition) is 3. The zero-order chi connectivity index (χ0) is 19.8. The third-order valence-corrected chi connectivity index (χ3v) is 4.36. The van der Waals surface area contributed by atoms with Crippen LogP contribution in [0, 0.1) is 0 Å². The lowest BCUT2D eigenvalue weighted by atomic mass is 10.1. The highest BCUT2D eigenvalue weighted by Crippen LogP contribution is 2.25. The molecule has 0 unspecified atom stereocenters. The summed E-state index contributed by atoms with van der Waals surface area (Å²) >= 11 is 11.4. The smallest absolute Gasteiger partial charge is 0.257 e. The first-order valence-electron chi connectivity index (χ1n) is 8.73. The normalized spacial score (nSPS) is 10.2. The molecule has 0 bridgehead atoms. The van der Waals surface area contributed by atoms with E-state index in [0.29, 0.717) is 28.4 Å². The number of aryl methyl sites for hydroxylation is 1. The molecule has 0 saturated heterocycles. The highest BCUT2D eigenvalue weighted by atomic mass is 35.5. The second-order valence-corrected chi connectivity index (χ2v) is 6.77. The Labute approximate surface area is 169 Å². The summed E-state index contributed by atoms with van der Waals surface area (Å²) in [4.78, 5) is 24.0. The van der Waals surface area contributed by atoms with E-state index in [0.717, 1.165) is 18.4 Å². The maximum atomic E-state index is 12.3. The minimum atomic E-state index is -0.307. The van der Waals surface area contributed by atoms with Crippen molar-refractivity contribution in [3.8, 4) is 0 Å². The molecule has 0 radical (unpaired) electrons. The fourth-order valence-electron chi connectivity index (χ4n) is 2.37. The lowest BCUT2D eigenvalue weighted by Gasteiger charge is -2.13. The van der Waals surface area contributed by atoms with Gasteiger partial charge in [-0.1, -0.05) is 37.6 Å². The van der Waals surface area contributed by atoms with Gasteiger partial charge in [-0.15, -0.1) is 0 Å². The Morgan fingerprint density at radius 2 is 1.74 bits per heavy atom. The molecule has 2 aromatic rings. The van der Waals surface area contributed by atoms with E-state index in [1.165, 1.54) is 0 Å². The number of halogens is 1. The molecule has 0 aliphatic heterocycles. The average Bonchev–Trinajstić information content (AvgIpc) is 2.64. The minimum absolute atomic E-state index is 0.0721. The summed E-state index contributed by atoms with van der Waals surface area (Å²) in [7, 11) is 0. The van der Waals surface area contributed by atoms with Crippen LogP contribution in [0.1, 0.15) is 42.6 Å². The molecule has 0 spiro atoms. The quantitative estimate of drug-likeness (QED) is 0.608. The van der Waals surface area contributed by atoms with Crippen molar-refractivity contribution in [1.29, 1.82) is 0 Å². The maximum Gasteiger partial charge on any atom is 0.257 e. The molecule has 142 valence electrons. The van der Waals surface area contributed by atoms with Crippen LogP contribution in [-0.2, 0) is 11.2 Å². The molecule has 2 aromatic carbocycles. The van der Waals surface area contributed by atoms with Crippen LogP contribution in [0.5, 0.6) is 0 Å². The average molecular weight is 404 g/mol. The lowest BCUT2D eigenvalue weighted by Crippen LogP contribution is -2.34. The molecule has 0 atom stereocenters. The van der Waals surface area contributed by atoms with Crippen molar-refractivity contribution in [2.24, 2.45) is 0 Å². The summed E-state index contributed by atoms with van der Waals surface area (Å²) in [5.74, 6) is -0.379. The number of nitrogens with one attached hydrogen (secondary N) is 3. The Bertz CT molecular complexity index is 838. The number of carbonyl (C=O) groups is 2. The zero-order valence-corrected chi connectivity index (χ0v) is 16.8. The third-order valence-electron chi connectivity index (χ3n) is 3.83. The maximum absolute atomic E-state index is 12.3. The zero-order valence-electron chi connectivity index (χ0n) is 15.3. The third kappa shape index (κ3) is 6.34. The predicted octanol–water partition coefficient (Wildman–Crippen LogP) is 4.77. The van der Waals surface area contributed by atoms with Gasteiger partial charge in [0.25, 0.3) is 5.91 Å². The monoisotopic (exact) mass is 403 g/mol. The van der Waals surface area contributed by atoms with Crippen LogP contribution in [0.4, 0.5) is 11.4 Å². The topological polar surface area (TPSA) is 70.2 Å². The van der Waals surface area contributed by atoms with Crippen LogP contribution in [0.3, 0.4) is 0 Å². The molecule has 0 aliphatic rings. The van der Waals surface area contributed by atoms with Crippen molar-refractivity contribution in [3.05, 3.63) is 58.6 Å². The highest BCUT2D eigenvalue weighted by Gasteiger charge is 2.10. The van der Waals surface area contributed by atoms with Gasteiger partial charge in [-0.25, -0.2) is 0 Å².